The van der Waals surface area contributed by atoms with Gasteiger partial charge in [-0.1, -0.05) is 11.6 Å². The van der Waals surface area contributed by atoms with E-state index in [0.29, 0.717) is 21.2 Å². The van der Waals surface area contributed by atoms with E-state index in [0.717, 1.165) is 4.83 Å². The second kappa shape index (κ2) is 7.51. The average molecular weight is 462 g/mol. The first-order valence-electron chi connectivity index (χ1n) is 9.77. The zero-order chi connectivity index (χ0) is 21.9. The van der Waals surface area contributed by atoms with E-state index in [1.54, 1.807) is 54.8 Å². The van der Waals surface area contributed by atoms with Crippen molar-refractivity contribution in [3.8, 4) is 0 Å². The Labute approximate surface area is 187 Å². The molecule has 0 aliphatic carbocycles. The molecule has 162 valence electrons. The van der Waals surface area contributed by atoms with Crippen molar-refractivity contribution in [1.29, 1.82) is 0 Å². The molecule has 2 aliphatic rings. The van der Waals surface area contributed by atoms with Crippen LogP contribution in [0.1, 0.15) is 39.6 Å². The first-order chi connectivity index (χ1) is 14.8. The summed E-state index contributed by atoms with van der Waals surface area (Å²) in [7, 11) is 1.52. The number of fused-ring (bicyclic) bond motifs is 2. The predicted octanol–water partition coefficient (Wildman–Crippen LogP) is 3.96. The summed E-state index contributed by atoms with van der Waals surface area (Å²) >= 11 is 7.21. The third-order valence-corrected chi connectivity index (χ3v) is 6.77. The molecule has 1 aromatic carbocycles. The van der Waals surface area contributed by atoms with Gasteiger partial charge < -0.3 is 23.3 Å². The van der Waals surface area contributed by atoms with E-state index in [-0.39, 0.29) is 11.6 Å². The van der Waals surface area contributed by atoms with Crippen molar-refractivity contribution in [3.63, 3.8) is 0 Å². The summed E-state index contributed by atoms with van der Waals surface area (Å²) in [6.45, 7) is 3.58. The van der Waals surface area contributed by atoms with Gasteiger partial charge in [0.05, 0.1) is 10.6 Å². The number of benzene rings is 1. The van der Waals surface area contributed by atoms with Crippen molar-refractivity contribution >= 4 is 39.3 Å². The second-order valence-electron chi connectivity index (χ2n) is 7.95. The highest BCUT2D eigenvalue weighted by molar-refractivity contribution is 7.19. The molecule has 0 bridgehead atoms. The van der Waals surface area contributed by atoms with Gasteiger partial charge in [0.15, 0.2) is 18.2 Å². The normalized spacial score (nSPS) is 27.0. The fourth-order valence-corrected chi connectivity index (χ4v) is 5.15. The van der Waals surface area contributed by atoms with Crippen LogP contribution < -0.4 is 0 Å². The van der Waals surface area contributed by atoms with E-state index >= 15 is 0 Å². The van der Waals surface area contributed by atoms with Gasteiger partial charge in [-0.15, -0.1) is 11.3 Å². The fourth-order valence-electron chi connectivity index (χ4n) is 4.04. The molecule has 0 unspecified atom stereocenters. The molecule has 4 heterocycles. The van der Waals surface area contributed by atoms with Crippen molar-refractivity contribution in [2.24, 2.45) is 0 Å². The van der Waals surface area contributed by atoms with Gasteiger partial charge in [-0.3, -0.25) is 9.59 Å². The van der Waals surface area contributed by atoms with Crippen LogP contribution in [0.25, 0.3) is 4.83 Å². The summed E-state index contributed by atoms with van der Waals surface area (Å²) in [6.07, 6.45) is -0.920. The number of nitrogens with zero attached hydrogens (tertiary/aromatic N) is 1. The number of hydrogen-bond donors (Lipinski definition) is 0. The molecule has 0 amide bonds. The van der Waals surface area contributed by atoms with Crippen molar-refractivity contribution in [2.45, 2.75) is 44.2 Å². The smallest absolute Gasteiger partial charge is 0.209 e. The van der Waals surface area contributed by atoms with Crippen LogP contribution in [-0.4, -0.2) is 53.5 Å². The third-order valence-electron chi connectivity index (χ3n) is 5.45. The van der Waals surface area contributed by atoms with Gasteiger partial charge in [0.25, 0.3) is 0 Å². The number of hydrogen-bond acceptors (Lipinski definition) is 7. The third kappa shape index (κ3) is 3.53. The molecule has 2 aliphatic heterocycles. The number of ether oxygens (including phenoxy) is 4. The van der Waals surface area contributed by atoms with Gasteiger partial charge >= 0.3 is 0 Å². The maximum atomic E-state index is 13.2. The minimum atomic E-state index is -0.852. The van der Waals surface area contributed by atoms with Gasteiger partial charge in [0.1, 0.15) is 17.0 Å². The lowest BCUT2D eigenvalue weighted by molar-refractivity contribution is -0.210. The zero-order valence-electron chi connectivity index (χ0n) is 17.0. The van der Waals surface area contributed by atoms with Crippen LogP contribution >= 0.6 is 22.9 Å². The molecule has 2 saturated heterocycles. The van der Waals surface area contributed by atoms with Crippen LogP contribution in [0, 0.1) is 0 Å². The van der Waals surface area contributed by atoms with Crippen LogP contribution in [0.15, 0.2) is 42.6 Å². The Balaban J connectivity index is 1.42. The fraction of sp³-hybridized carbons (Fsp3) is 0.364. The molecule has 0 spiro atoms. The van der Waals surface area contributed by atoms with Gasteiger partial charge in [-0.2, -0.15) is 0 Å². The minimum absolute atomic E-state index is 0.154. The van der Waals surface area contributed by atoms with Crippen LogP contribution in [0.2, 0.25) is 5.02 Å². The number of methoxy groups -OCH3 is 1. The standard InChI is InChI=1S/C22H20ClNO6S/c1-22(2)29-20-19(27-3)18(28-21(20)30-22)17(26)14-10-24-13(8-9-15(24)31-14)16(25)11-4-6-12(23)7-5-11/h4-10,18-21H,1-3H3/t18-,19+,20-,21-/m1/s1. The molecule has 7 nitrogen and oxygen atoms in total. The molecule has 2 fully saturated rings. The van der Waals surface area contributed by atoms with E-state index in [9.17, 15) is 9.59 Å². The Morgan fingerprint density at radius 2 is 1.87 bits per heavy atom. The van der Waals surface area contributed by atoms with Crippen LogP contribution in [0.5, 0.6) is 0 Å². The van der Waals surface area contributed by atoms with Crippen LogP contribution in [-0.2, 0) is 18.9 Å². The minimum Gasteiger partial charge on any atom is -0.375 e. The van der Waals surface area contributed by atoms with E-state index in [1.165, 1.54) is 18.4 Å². The monoisotopic (exact) mass is 461 g/mol. The topological polar surface area (TPSA) is 75.5 Å². The Morgan fingerprint density at radius 3 is 2.58 bits per heavy atom. The molecule has 9 heteroatoms. The highest BCUT2D eigenvalue weighted by Crippen LogP contribution is 2.40. The highest BCUT2D eigenvalue weighted by Gasteiger charge is 2.57. The van der Waals surface area contributed by atoms with Crippen molar-refractivity contribution in [3.05, 3.63) is 63.8 Å². The average Bonchev–Trinajstić information content (AvgIpc) is 3.45. The Bertz CT molecular complexity index is 1170. The van der Waals surface area contributed by atoms with E-state index in [4.69, 9.17) is 30.5 Å². The maximum Gasteiger partial charge on any atom is 0.209 e. The molecule has 4 atom stereocenters. The number of rotatable bonds is 5. The van der Waals surface area contributed by atoms with Gasteiger partial charge in [-0.05, 0) is 50.2 Å². The molecule has 3 aromatic rings. The van der Waals surface area contributed by atoms with E-state index in [2.05, 4.69) is 0 Å². The van der Waals surface area contributed by atoms with Crippen molar-refractivity contribution in [2.75, 3.05) is 7.11 Å². The Kier molecular flexibility index (Phi) is 5.04. The molecule has 31 heavy (non-hydrogen) atoms. The molecule has 5 rings (SSSR count). The first-order valence-corrected chi connectivity index (χ1v) is 11.0. The largest absolute Gasteiger partial charge is 0.375 e. The molecule has 0 N–H and O–H groups in total. The van der Waals surface area contributed by atoms with Crippen LogP contribution in [0.3, 0.4) is 0 Å². The van der Waals surface area contributed by atoms with Gasteiger partial charge in [-0.25, -0.2) is 0 Å². The van der Waals surface area contributed by atoms with Gasteiger partial charge in [0, 0.05) is 23.9 Å². The number of aromatic nitrogens is 1. The van der Waals surface area contributed by atoms with Gasteiger partial charge in [0.2, 0.25) is 11.6 Å². The summed E-state index contributed by atoms with van der Waals surface area (Å²) in [5.41, 5.74) is 0.986. The maximum absolute atomic E-state index is 13.2. The summed E-state index contributed by atoms with van der Waals surface area (Å²) < 4.78 is 24.7. The lowest BCUT2D eigenvalue weighted by atomic mass is 10.1. The molecule has 0 saturated carbocycles. The number of thiazole rings is 1. The summed E-state index contributed by atoms with van der Waals surface area (Å²) in [5, 5.41) is 0.561. The van der Waals surface area contributed by atoms with Crippen molar-refractivity contribution in [1.82, 2.24) is 4.40 Å². The number of Topliss-reactive ketones (excluding diaryl/α,β-unsaturated/α-hetero) is 1. The zero-order valence-corrected chi connectivity index (χ0v) is 18.6. The Morgan fingerprint density at radius 1 is 1.13 bits per heavy atom. The molecule has 0 radical (unpaired) electrons. The summed E-state index contributed by atoms with van der Waals surface area (Å²) in [5.74, 6) is -1.18. The lowest BCUT2D eigenvalue weighted by Gasteiger charge is -2.23. The lowest BCUT2D eigenvalue weighted by Crippen LogP contribution is -2.39. The summed E-state index contributed by atoms with van der Waals surface area (Å²) in [4.78, 5) is 27.4. The highest BCUT2D eigenvalue weighted by atomic mass is 35.5. The quantitative estimate of drug-likeness (QED) is 0.535. The van der Waals surface area contributed by atoms with Crippen LogP contribution in [0.4, 0.5) is 0 Å². The summed E-state index contributed by atoms with van der Waals surface area (Å²) in [6, 6.07) is 10.3. The number of carbonyl (C=O) groups excluding carboxylic acids is 2. The molecule has 2 aromatic heterocycles. The van der Waals surface area contributed by atoms with E-state index < -0.39 is 30.4 Å². The predicted molar refractivity (Wildman–Crippen MR) is 114 cm³/mol. The molecular formula is C22H20ClNO6S. The van der Waals surface area contributed by atoms with E-state index in [1.807, 2.05) is 6.07 Å². The molecular weight excluding hydrogens is 442 g/mol. The second-order valence-corrected chi connectivity index (χ2v) is 9.45. The number of ketones is 2. The SMILES string of the molecule is CO[C@@H]1[C@H]2OC(C)(C)O[C@H]2O[C@@H]1C(=O)c1cn2c(C(=O)c3ccc(Cl)cc3)ccc2s1. The van der Waals surface area contributed by atoms with Crippen molar-refractivity contribution < 1.29 is 28.5 Å². The number of halogens is 1. The first kappa shape index (κ1) is 20.8. The number of carbonyl (C=O) groups is 2. The Hall–Kier alpha value is -2.07.